The molecule has 0 spiro atoms. The van der Waals surface area contributed by atoms with Gasteiger partial charge in [0.2, 0.25) is 5.91 Å². The van der Waals surface area contributed by atoms with Crippen molar-refractivity contribution in [2.75, 3.05) is 20.2 Å². The van der Waals surface area contributed by atoms with E-state index in [-0.39, 0.29) is 17.4 Å². The lowest BCUT2D eigenvalue weighted by molar-refractivity contribution is -0.123. The highest BCUT2D eigenvalue weighted by Gasteiger charge is 2.20. The van der Waals surface area contributed by atoms with Crippen molar-refractivity contribution in [1.82, 2.24) is 5.32 Å². The van der Waals surface area contributed by atoms with Crippen molar-refractivity contribution in [2.24, 2.45) is 11.1 Å². The van der Waals surface area contributed by atoms with Gasteiger partial charge in [-0.1, -0.05) is 37.6 Å². The first-order valence-corrected chi connectivity index (χ1v) is 7.48. The number of carbonyl (C=O) groups excluding carboxylic acids is 1. The maximum atomic E-state index is 11.9. The first-order valence-electron chi connectivity index (χ1n) is 7.10. The Morgan fingerprint density at radius 2 is 2.19 bits per heavy atom. The summed E-state index contributed by atoms with van der Waals surface area (Å²) >= 11 is 5.99. The van der Waals surface area contributed by atoms with E-state index in [2.05, 4.69) is 19.2 Å². The summed E-state index contributed by atoms with van der Waals surface area (Å²) in [5, 5.41) is 3.68. The molecule has 1 atom stereocenters. The molecule has 21 heavy (non-hydrogen) atoms. The van der Waals surface area contributed by atoms with Gasteiger partial charge in [-0.3, -0.25) is 4.79 Å². The molecule has 0 radical (unpaired) electrons. The Morgan fingerprint density at radius 3 is 2.76 bits per heavy atom. The Kier molecular flexibility index (Phi) is 7.15. The summed E-state index contributed by atoms with van der Waals surface area (Å²) in [6.07, 6.45) is 0.916. The van der Waals surface area contributed by atoms with Crippen LogP contribution in [0.2, 0.25) is 5.02 Å². The summed E-state index contributed by atoms with van der Waals surface area (Å²) in [6.45, 7) is 5.17. The fourth-order valence-electron chi connectivity index (χ4n) is 2.14. The summed E-state index contributed by atoms with van der Waals surface area (Å²) in [4.78, 5) is 11.9. The molecule has 118 valence electrons. The van der Waals surface area contributed by atoms with Gasteiger partial charge >= 0.3 is 0 Å². The minimum atomic E-state index is -0.221. The number of rotatable bonds is 8. The SMILES string of the molecule is COC(CN)CC(=O)NCC(C)(C)Cc1cccc(Cl)c1. The van der Waals surface area contributed by atoms with Gasteiger partial charge in [0.1, 0.15) is 0 Å². The molecule has 0 aliphatic heterocycles. The van der Waals surface area contributed by atoms with E-state index in [1.165, 1.54) is 5.56 Å². The minimum Gasteiger partial charge on any atom is -0.380 e. The van der Waals surface area contributed by atoms with Gasteiger partial charge in [0.15, 0.2) is 0 Å². The quantitative estimate of drug-likeness (QED) is 0.774. The first kappa shape index (κ1) is 18.0. The third kappa shape index (κ3) is 6.93. The molecule has 4 nitrogen and oxygen atoms in total. The molecule has 1 aromatic rings. The van der Waals surface area contributed by atoms with Crippen LogP contribution in [-0.4, -0.2) is 32.2 Å². The molecule has 0 aliphatic rings. The van der Waals surface area contributed by atoms with Gasteiger partial charge in [0.25, 0.3) is 0 Å². The van der Waals surface area contributed by atoms with Crippen LogP contribution >= 0.6 is 11.6 Å². The van der Waals surface area contributed by atoms with Gasteiger partial charge in [-0.25, -0.2) is 0 Å². The Hall–Kier alpha value is -1.10. The summed E-state index contributed by atoms with van der Waals surface area (Å²) in [5.74, 6) is -0.0357. The average Bonchev–Trinajstić information content (AvgIpc) is 2.42. The predicted molar refractivity (Wildman–Crippen MR) is 86.4 cm³/mol. The second-order valence-corrected chi connectivity index (χ2v) is 6.48. The van der Waals surface area contributed by atoms with Crippen molar-refractivity contribution in [2.45, 2.75) is 32.8 Å². The van der Waals surface area contributed by atoms with Crippen LogP contribution in [0.25, 0.3) is 0 Å². The smallest absolute Gasteiger partial charge is 0.222 e. The maximum Gasteiger partial charge on any atom is 0.222 e. The minimum absolute atomic E-state index is 0.0357. The lowest BCUT2D eigenvalue weighted by atomic mass is 9.85. The Balaban J connectivity index is 2.47. The van der Waals surface area contributed by atoms with Gasteiger partial charge in [0.05, 0.1) is 12.5 Å². The molecular weight excluding hydrogens is 288 g/mol. The van der Waals surface area contributed by atoms with Gasteiger partial charge in [-0.05, 0) is 29.5 Å². The van der Waals surface area contributed by atoms with E-state index in [1.807, 2.05) is 24.3 Å². The molecule has 3 N–H and O–H groups in total. The Labute approximate surface area is 132 Å². The van der Waals surface area contributed by atoms with Gasteiger partial charge < -0.3 is 15.8 Å². The summed E-state index contributed by atoms with van der Waals surface area (Å²) in [5.41, 5.74) is 6.63. The zero-order valence-electron chi connectivity index (χ0n) is 13.0. The zero-order valence-corrected chi connectivity index (χ0v) is 13.7. The van der Waals surface area contributed by atoms with Gasteiger partial charge in [-0.2, -0.15) is 0 Å². The Morgan fingerprint density at radius 1 is 1.48 bits per heavy atom. The van der Waals surface area contributed by atoms with Crippen LogP contribution < -0.4 is 11.1 Å². The van der Waals surface area contributed by atoms with Crippen molar-refractivity contribution in [3.8, 4) is 0 Å². The number of nitrogens with one attached hydrogen (secondary N) is 1. The van der Waals surface area contributed by atoms with Crippen LogP contribution in [-0.2, 0) is 16.0 Å². The molecule has 1 amide bonds. The topological polar surface area (TPSA) is 64.3 Å². The number of methoxy groups -OCH3 is 1. The molecule has 0 fully saturated rings. The molecule has 5 heteroatoms. The van der Waals surface area contributed by atoms with Crippen LogP contribution in [0.3, 0.4) is 0 Å². The highest BCUT2D eigenvalue weighted by atomic mass is 35.5. The molecule has 0 saturated heterocycles. The van der Waals surface area contributed by atoms with Crippen LogP contribution in [0.5, 0.6) is 0 Å². The second kappa shape index (κ2) is 8.37. The number of nitrogens with two attached hydrogens (primary N) is 1. The van der Waals surface area contributed by atoms with Crippen molar-refractivity contribution >= 4 is 17.5 Å². The lowest BCUT2D eigenvalue weighted by Gasteiger charge is -2.25. The normalized spacial score (nSPS) is 13.0. The monoisotopic (exact) mass is 312 g/mol. The third-order valence-electron chi connectivity index (χ3n) is 3.35. The highest BCUT2D eigenvalue weighted by molar-refractivity contribution is 6.30. The molecule has 1 rings (SSSR count). The van der Waals surface area contributed by atoms with Crippen molar-refractivity contribution in [3.05, 3.63) is 34.9 Å². The molecule has 0 aliphatic carbocycles. The van der Waals surface area contributed by atoms with Crippen molar-refractivity contribution in [1.29, 1.82) is 0 Å². The predicted octanol–water partition coefficient (Wildman–Crippen LogP) is 2.39. The molecule has 0 heterocycles. The number of carbonyl (C=O) groups is 1. The molecule has 0 bridgehead atoms. The highest BCUT2D eigenvalue weighted by Crippen LogP contribution is 2.22. The fourth-order valence-corrected chi connectivity index (χ4v) is 2.35. The maximum absolute atomic E-state index is 11.9. The zero-order chi connectivity index (χ0) is 15.9. The third-order valence-corrected chi connectivity index (χ3v) is 3.58. The molecule has 1 aromatic carbocycles. The average molecular weight is 313 g/mol. The summed E-state index contributed by atoms with van der Waals surface area (Å²) in [6, 6.07) is 7.81. The summed E-state index contributed by atoms with van der Waals surface area (Å²) < 4.78 is 5.11. The van der Waals surface area contributed by atoms with E-state index in [0.717, 1.165) is 11.4 Å². The van der Waals surface area contributed by atoms with E-state index in [0.29, 0.717) is 19.5 Å². The number of hydrogen-bond acceptors (Lipinski definition) is 3. The van der Waals surface area contributed by atoms with E-state index >= 15 is 0 Å². The largest absolute Gasteiger partial charge is 0.380 e. The van der Waals surface area contributed by atoms with E-state index in [4.69, 9.17) is 22.1 Å². The molecule has 1 unspecified atom stereocenters. The molecular formula is C16H25ClN2O2. The number of hydrogen-bond donors (Lipinski definition) is 2. The molecule has 0 aromatic heterocycles. The van der Waals surface area contributed by atoms with Crippen LogP contribution in [0.1, 0.15) is 25.8 Å². The van der Waals surface area contributed by atoms with Crippen LogP contribution in [0.4, 0.5) is 0 Å². The van der Waals surface area contributed by atoms with Gasteiger partial charge in [0, 0.05) is 25.2 Å². The van der Waals surface area contributed by atoms with E-state index in [1.54, 1.807) is 7.11 Å². The second-order valence-electron chi connectivity index (χ2n) is 6.05. The number of benzene rings is 1. The lowest BCUT2D eigenvalue weighted by Crippen LogP contribution is -2.38. The van der Waals surface area contributed by atoms with E-state index in [9.17, 15) is 4.79 Å². The first-order chi connectivity index (χ1) is 9.86. The fraction of sp³-hybridized carbons (Fsp3) is 0.562. The standard InChI is InChI=1S/C16H25ClN2O2/c1-16(2,9-12-5-4-6-13(17)7-12)11-19-15(20)8-14(10-18)21-3/h4-7,14H,8-11,18H2,1-3H3,(H,19,20). The van der Waals surface area contributed by atoms with Crippen LogP contribution in [0, 0.1) is 5.41 Å². The van der Waals surface area contributed by atoms with Crippen molar-refractivity contribution < 1.29 is 9.53 Å². The number of halogens is 1. The van der Waals surface area contributed by atoms with E-state index < -0.39 is 0 Å². The number of ether oxygens (including phenoxy) is 1. The van der Waals surface area contributed by atoms with Crippen LogP contribution in [0.15, 0.2) is 24.3 Å². The Bertz CT molecular complexity index is 459. The molecule has 0 saturated carbocycles. The summed E-state index contributed by atoms with van der Waals surface area (Å²) in [7, 11) is 1.56. The number of amides is 1. The van der Waals surface area contributed by atoms with Gasteiger partial charge in [-0.15, -0.1) is 0 Å². The van der Waals surface area contributed by atoms with Crippen molar-refractivity contribution in [3.63, 3.8) is 0 Å².